The fraction of sp³-hybridized carbons (Fsp3) is 0.378. The maximum absolute atomic E-state index is 14.1. The largest absolute Gasteiger partial charge is 0.503 e. The molecule has 9 aliphatic heterocycles. The van der Waals surface area contributed by atoms with Crippen molar-refractivity contribution in [2.75, 3.05) is 6.61 Å². The normalized spacial score (nSPS) is 21.8. The molecule has 5 aromatic carbocycles. The van der Waals surface area contributed by atoms with Crippen molar-refractivity contribution in [1.29, 1.82) is 0 Å². The molecule has 3 atom stereocenters. The summed E-state index contributed by atoms with van der Waals surface area (Å²) in [4.78, 5) is 124. The van der Waals surface area contributed by atoms with Crippen LogP contribution < -0.4 is 42.1 Å². The summed E-state index contributed by atoms with van der Waals surface area (Å²) < 4.78 is 101. The van der Waals surface area contributed by atoms with Crippen LogP contribution in [0.1, 0.15) is 174 Å². The molecule has 9 fully saturated rings. The van der Waals surface area contributed by atoms with Crippen LogP contribution in [0.25, 0.3) is 0 Å². The van der Waals surface area contributed by atoms with Crippen molar-refractivity contribution < 1.29 is 74.4 Å². The number of nitrogens with two attached hydrogens (primary N) is 1. The number of fused-ring (bicyclic) bond motifs is 9. The first-order chi connectivity index (χ1) is 53.1. The molecule has 6 saturated heterocycles. The first-order valence-electron chi connectivity index (χ1n) is 37.2. The molecule has 28 heteroatoms. The number of hydrogen-bond acceptors (Lipinski definition) is 14. The average molecular weight is 1510 g/mol. The SMILES string of the molecule is CCOC(=O)c1cn2c(c(OCc3ccccc3)c1=O)C(=O)N1C3CCC(CC3)[C@H]1C2.NCc1ccc(F)cc1F.O=C(NCc1ccc(F)cc1F)c1cn2c(c(O)c1=O)C(=O)N1C3CCC(CC3)[C@H]1C2.O=C(NCc1ccc(F)cc1F)c1cn2c(c(OCc3ccccc3)c1=O)C(=O)N1C3CCC(CC3)[C@H]1C2. The maximum atomic E-state index is 14.1. The van der Waals surface area contributed by atoms with Gasteiger partial charge in [-0.2, -0.15) is 0 Å². The van der Waals surface area contributed by atoms with Gasteiger partial charge in [-0.05, 0) is 131 Å². The second-order valence-corrected chi connectivity index (χ2v) is 29.2. The van der Waals surface area contributed by atoms with Crippen LogP contribution in [0.4, 0.5) is 26.3 Å². The summed E-state index contributed by atoms with van der Waals surface area (Å²) >= 11 is 0. The summed E-state index contributed by atoms with van der Waals surface area (Å²) in [6.45, 7) is 3.11. The Balaban J connectivity index is 0.000000130. The number of carbonyl (C=O) groups excluding carboxylic acids is 6. The van der Waals surface area contributed by atoms with Crippen LogP contribution in [0.15, 0.2) is 148 Å². The van der Waals surface area contributed by atoms with E-state index >= 15 is 0 Å². The number of ether oxygens (including phenoxy) is 3. The molecule has 6 bridgehead atoms. The molecule has 0 spiro atoms. The second kappa shape index (κ2) is 32.1. The lowest BCUT2D eigenvalue weighted by Gasteiger charge is -2.54. The third-order valence-corrected chi connectivity index (χ3v) is 22.9. The van der Waals surface area contributed by atoms with Gasteiger partial charge in [0.2, 0.25) is 16.3 Å². The highest BCUT2D eigenvalue weighted by molar-refractivity contribution is 6.01. The number of carbonyl (C=O) groups is 6. The molecular weight excluding hydrogens is 1430 g/mol. The third-order valence-electron chi connectivity index (χ3n) is 22.9. The fourth-order valence-corrected chi connectivity index (χ4v) is 17.4. The standard InChI is InChI=1S/C29H27F2N3O4.C24H26N2O5.C22H21F2N3O4.C7H7F2N/c30-20-9-6-19(23(31)12-20)13-32-28(36)22-14-33-15-24-18-7-10-21(11-8-18)34(24)29(37)25(33)27(26(22)35)38-16-17-4-2-1-3-5-17;1-2-30-24(29)18-12-25-13-19-16-8-10-17(11-9-16)26(19)23(28)20(25)22(21(18)27)31-14-15-6-4-3-5-7-15;23-13-4-1-12(16(24)7-13)8-25-21(30)15-9-26-10-17-11-2-5-14(6-3-11)27(17)22(31)18(26)20(29)19(15)28;8-6-2-1-5(4-10)7(9)3-6/h1-6,9,12,14,18,21,24H,7-8,10-11,13,15-16H2,(H,32,36);3-7,12,16-17,19H,2,8-11,13-14H2,1H3;1,4,7,9,11,14,17,29H,2-3,5-6,8,10H2,(H,25,30);1-3H,4,10H2/t18?,21?,24-;16?,17?,19-;11?,14?,17-;/m111./s1. The molecule has 110 heavy (non-hydrogen) atoms. The Kier molecular flexibility index (Phi) is 22.0. The molecule has 5 amide bonds. The lowest BCUT2D eigenvalue weighted by molar-refractivity contribution is -0.0186. The molecule has 0 unspecified atom stereocenters. The molecule has 8 aromatic rings. The van der Waals surface area contributed by atoms with E-state index in [0.717, 1.165) is 112 Å². The van der Waals surface area contributed by atoms with Crippen molar-refractivity contribution in [3.63, 3.8) is 0 Å². The first kappa shape index (κ1) is 75.5. The molecule has 3 saturated carbocycles. The minimum Gasteiger partial charge on any atom is -0.503 e. The van der Waals surface area contributed by atoms with Gasteiger partial charge in [0.05, 0.1) is 24.7 Å². The van der Waals surface area contributed by atoms with Crippen molar-refractivity contribution in [1.82, 2.24) is 39.0 Å². The minimum atomic E-state index is -0.947. The van der Waals surface area contributed by atoms with Crippen LogP contribution in [0, 0.1) is 52.7 Å². The van der Waals surface area contributed by atoms with Gasteiger partial charge in [0.25, 0.3) is 29.5 Å². The lowest BCUT2D eigenvalue weighted by Crippen LogP contribution is -2.62. The first-order valence-corrected chi connectivity index (χ1v) is 37.2. The van der Waals surface area contributed by atoms with E-state index in [9.17, 15) is 74.6 Å². The number of halogens is 6. The quantitative estimate of drug-likeness (QED) is 0.0549. The van der Waals surface area contributed by atoms with Gasteiger partial charge in [-0.15, -0.1) is 0 Å². The zero-order chi connectivity index (χ0) is 77.3. The number of aromatic hydroxyl groups is 1. The van der Waals surface area contributed by atoms with E-state index in [4.69, 9.17) is 19.9 Å². The van der Waals surface area contributed by atoms with Crippen molar-refractivity contribution >= 4 is 35.5 Å². The fourth-order valence-electron chi connectivity index (χ4n) is 17.4. The monoisotopic (exact) mass is 1510 g/mol. The van der Waals surface area contributed by atoms with Crippen molar-refractivity contribution in [2.45, 2.75) is 173 Å². The Morgan fingerprint density at radius 1 is 0.455 bits per heavy atom. The predicted molar refractivity (Wildman–Crippen MR) is 388 cm³/mol. The van der Waals surface area contributed by atoms with E-state index in [0.29, 0.717) is 49.0 Å². The lowest BCUT2D eigenvalue weighted by atomic mass is 9.73. The van der Waals surface area contributed by atoms with Gasteiger partial charge >= 0.3 is 5.97 Å². The number of nitrogens with one attached hydrogen (secondary N) is 2. The van der Waals surface area contributed by atoms with Gasteiger partial charge in [-0.1, -0.05) is 78.9 Å². The van der Waals surface area contributed by atoms with Crippen molar-refractivity contribution in [3.05, 3.63) is 261 Å². The summed E-state index contributed by atoms with van der Waals surface area (Å²) in [5.74, 6) is -6.97. The Labute approximate surface area is 627 Å². The Bertz CT molecular complexity index is 5100. The van der Waals surface area contributed by atoms with Gasteiger partial charge < -0.3 is 64.1 Å². The van der Waals surface area contributed by atoms with E-state index < -0.39 is 74.7 Å². The van der Waals surface area contributed by atoms with Gasteiger partial charge in [0, 0.05) is 111 Å². The number of nitrogens with zero attached hydrogens (tertiary/aromatic N) is 6. The zero-order valence-corrected chi connectivity index (χ0v) is 60.1. The van der Waals surface area contributed by atoms with Crippen LogP contribution in [-0.4, -0.2) is 112 Å². The molecule has 20 rings (SSSR count). The van der Waals surface area contributed by atoms with Crippen molar-refractivity contribution in [2.24, 2.45) is 23.5 Å². The van der Waals surface area contributed by atoms with Crippen LogP contribution in [-0.2, 0) is 57.2 Å². The number of aromatic nitrogens is 3. The highest BCUT2D eigenvalue weighted by Gasteiger charge is 2.52. The number of benzene rings is 5. The summed E-state index contributed by atoms with van der Waals surface area (Å²) in [5, 5.41) is 15.5. The molecule has 0 radical (unpaired) electrons. The molecule has 12 heterocycles. The van der Waals surface area contributed by atoms with Gasteiger partial charge in [0.15, 0.2) is 34.3 Å². The molecule has 5 N–H and O–H groups in total. The number of amides is 5. The molecule has 574 valence electrons. The summed E-state index contributed by atoms with van der Waals surface area (Å²) in [5.41, 5.74) is 4.78. The van der Waals surface area contributed by atoms with E-state index in [2.05, 4.69) is 10.6 Å². The molecule has 3 aliphatic carbocycles. The van der Waals surface area contributed by atoms with Gasteiger partial charge in [0.1, 0.15) is 64.8 Å². The number of pyridine rings is 3. The van der Waals surface area contributed by atoms with Crippen LogP contribution in [0.5, 0.6) is 17.2 Å². The number of hydrogen-bond donors (Lipinski definition) is 4. The highest BCUT2D eigenvalue weighted by atomic mass is 19.2. The van der Waals surface area contributed by atoms with E-state index in [1.165, 1.54) is 47.4 Å². The van der Waals surface area contributed by atoms with Crippen LogP contribution >= 0.6 is 0 Å². The van der Waals surface area contributed by atoms with Crippen LogP contribution in [0.3, 0.4) is 0 Å². The maximum Gasteiger partial charge on any atom is 0.343 e. The zero-order valence-electron chi connectivity index (χ0n) is 60.1. The topological polar surface area (TPSA) is 276 Å². The molecular formula is C82H81F6N9O13. The molecule has 22 nitrogen and oxygen atoms in total. The average Bonchev–Trinajstić information content (AvgIpc) is 0.743. The number of piperidine rings is 6. The molecule has 3 aromatic heterocycles. The van der Waals surface area contributed by atoms with Crippen molar-refractivity contribution in [3.8, 4) is 17.2 Å². The Morgan fingerprint density at radius 3 is 1.17 bits per heavy atom. The Hall–Kier alpha value is -11.3. The molecule has 12 aliphatic rings. The minimum absolute atomic E-state index is 0.0104. The van der Waals surface area contributed by atoms with E-state index in [1.54, 1.807) is 16.1 Å². The van der Waals surface area contributed by atoms with E-state index in [-0.39, 0.29) is 150 Å². The number of rotatable bonds is 15. The van der Waals surface area contributed by atoms with E-state index in [1.807, 2.05) is 75.4 Å². The smallest absolute Gasteiger partial charge is 0.343 e. The highest BCUT2D eigenvalue weighted by Crippen LogP contribution is 2.47. The third kappa shape index (κ3) is 15.0. The van der Waals surface area contributed by atoms with Gasteiger partial charge in [-0.3, -0.25) is 38.4 Å². The second-order valence-electron chi connectivity index (χ2n) is 29.2. The summed E-state index contributed by atoms with van der Waals surface area (Å²) in [6.07, 6.45) is 16.4. The van der Waals surface area contributed by atoms with Gasteiger partial charge in [-0.25, -0.2) is 31.1 Å². The van der Waals surface area contributed by atoms with Crippen LogP contribution in [0.2, 0.25) is 0 Å². The summed E-state index contributed by atoms with van der Waals surface area (Å²) in [7, 11) is 0. The predicted octanol–water partition coefficient (Wildman–Crippen LogP) is 10.6. The summed E-state index contributed by atoms with van der Waals surface area (Å²) in [6, 6.07) is 28.7. The number of esters is 1. The Morgan fingerprint density at radius 2 is 0.800 bits per heavy atom.